The second-order valence-corrected chi connectivity index (χ2v) is 14.7. The minimum atomic E-state index is -0.279. The van der Waals surface area contributed by atoms with Crippen molar-refractivity contribution in [1.82, 2.24) is 4.90 Å². The van der Waals surface area contributed by atoms with E-state index >= 15 is 0 Å². The van der Waals surface area contributed by atoms with E-state index in [2.05, 4.69) is 6.92 Å². The van der Waals surface area contributed by atoms with E-state index in [1.165, 1.54) is 88.4 Å². The Bertz CT molecular complexity index is 1140. The Balaban J connectivity index is 1.16. The predicted molar refractivity (Wildman–Crippen MR) is 230 cm³/mol. The molecule has 346 valence electrons. The van der Waals surface area contributed by atoms with E-state index in [4.69, 9.17) is 47.4 Å². The van der Waals surface area contributed by atoms with Crippen molar-refractivity contribution in [3.63, 3.8) is 0 Å². The molecule has 14 heteroatoms. The summed E-state index contributed by atoms with van der Waals surface area (Å²) in [6, 6.07) is 6.82. The van der Waals surface area contributed by atoms with Gasteiger partial charge in [-0.05, 0) is 18.6 Å². The monoisotopic (exact) mass is 854 g/mol. The van der Waals surface area contributed by atoms with Crippen molar-refractivity contribution >= 4 is 17.8 Å². The maximum absolute atomic E-state index is 12.3. The van der Waals surface area contributed by atoms with E-state index < -0.39 is 0 Å². The van der Waals surface area contributed by atoms with Gasteiger partial charge in [-0.1, -0.05) is 109 Å². The quantitative estimate of drug-likeness (QED) is 0.0369. The van der Waals surface area contributed by atoms with Gasteiger partial charge >= 0.3 is 5.97 Å². The van der Waals surface area contributed by atoms with Crippen LogP contribution in [0.3, 0.4) is 0 Å². The normalized spacial score (nSPS) is 12.5. The van der Waals surface area contributed by atoms with Gasteiger partial charge in [0, 0.05) is 6.42 Å². The van der Waals surface area contributed by atoms with Crippen molar-refractivity contribution in [2.24, 2.45) is 0 Å². The van der Waals surface area contributed by atoms with E-state index in [0.717, 1.165) is 12.8 Å². The molecule has 1 aliphatic heterocycles. The highest BCUT2D eigenvalue weighted by molar-refractivity contribution is 6.21. The third-order valence-electron chi connectivity index (χ3n) is 9.79. The average molecular weight is 854 g/mol. The summed E-state index contributed by atoms with van der Waals surface area (Å²) in [4.78, 5) is 37.8. The minimum Gasteiger partial charge on any atom is -0.463 e. The molecule has 0 saturated carbocycles. The van der Waals surface area contributed by atoms with Gasteiger partial charge in [-0.3, -0.25) is 19.3 Å². The molecule has 14 nitrogen and oxygen atoms in total. The summed E-state index contributed by atoms with van der Waals surface area (Å²) in [7, 11) is 0. The van der Waals surface area contributed by atoms with E-state index in [9.17, 15) is 14.4 Å². The first-order valence-electron chi connectivity index (χ1n) is 23.0. The average Bonchev–Trinajstić information content (AvgIpc) is 3.50. The highest BCUT2D eigenvalue weighted by Gasteiger charge is 2.34. The first kappa shape index (κ1) is 53.6. The largest absolute Gasteiger partial charge is 0.463 e. The SMILES string of the molecule is CCCCCCCCCCCCCCCCCC(=O)OCCOCCOCCOCCOCCOCCOCCOCCOCCOCCN1C(=O)c2ccccc2C1=O. The molecule has 0 aliphatic carbocycles. The van der Waals surface area contributed by atoms with Crippen LogP contribution in [0.15, 0.2) is 24.3 Å². The molecule has 0 N–H and O–H groups in total. The molecule has 0 atom stereocenters. The van der Waals surface area contributed by atoms with Gasteiger partial charge in [0.1, 0.15) is 6.61 Å². The number of amides is 2. The van der Waals surface area contributed by atoms with Crippen LogP contribution >= 0.6 is 0 Å². The fraction of sp³-hybridized carbons (Fsp3) is 0.804. The number of fused-ring (bicyclic) bond motifs is 1. The Labute approximate surface area is 360 Å². The second-order valence-electron chi connectivity index (χ2n) is 14.7. The van der Waals surface area contributed by atoms with Crippen LogP contribution in [-0.4, -0.2) is 155 Å². The van der Waals surface area contributed by atoms with Crippen molar-refractivity contribution in [3.05, 3.63) is 35.4 Å². The van der Waals surface area contributed by atoms with Crippen molar-refractivity contribution in [2.45, 2.75) is 110 Å². The van der Waals surface area contributed by atoms with Crippen LogP contribution in [0.5, 0.6) is 0 Å². The number of hydrogen-bond donors (Lipinski definition) is 0. The Morgan fingerprint density at radius 3 is 1.02 bits per heavy atom. The van der Waals surface area contributed by atoms with Crippen molar-refractivity contribution in [2.75, 3.05) is 132 Å². The van der Waals surface area contributed by atoms with Gasteiger partial charge in [-0.2, -0.15) is 0 Å². The zero-order chi connectivity index (χ0) is 42.8. The van der Waals surface area contributed by atoms with Gasteiger partial charge in [0.25, 0.3) is 11.8 Å². The number of unbranched alkanes of at least 4 members (excludes halogenated alkanes) is 14. The summed E-state index contributed by atoms with van der Waals surface area (Å²) in [5, 5.41) is 0. The van der Waals surface area contributed by atoms with Crippen molar-refractivity contribution < 1.29 is 61.8 Å². The fourth-order valence-electron chi connectivity index (χ4n) is 6.39. The summed E-state index contributed by atoms with van der Waals surface area (Å²) in [6.45, 7) is 10.7. The summed E-state index contributed by atoms with van der Waals surface area (Å²) < 4.78 is 54.7. The third-order valence-corrected chi connectivity index (χ3v) is 9.79. The van der Waals surface area contributed by atoms with Crippen LogP contribution in [0.4, 0.5) is 0 Å². The van der Waals surface area contributed by atoms with Gasteiger partial charge in [-0.15, -0.1) is 0 Å². The van der Waals surface area contributed by atoms with Gasteiger partial charge in [0.05, 0.1) is 137 Å². The number of hydrogen-bond acceptors (Lipinski definition) is 13. The Morgan fingerprint density at radius 1 is 0.400 bits per heavy atom. The first-order valence-corrected chi connectivity index (χ1v) is 23.0. The predicted octanol–water partition coefficient (Wildman–Crippen LogP) is 7.24. The molecule has 1 aromatic rings. The molecular formula is C46H79NO13. The van der Waals surface area contributed by atoms with Crippen LogP contribution in [0.1, 0.15) is 130 Å². The third kappa shape index (κ3) is 29.7. The number of imide groups is 1. The van der Waals surface area contributed by atoms with Crippen LogP contribution in [0.25, 0.3) is 0 Å². The zero-order valence-corrected chi connectivity index (χ0v) is 37.0. The Morgan fingerprint density at radius 2 is 0.683 bits per heavy atom. The van der Waals surface area contributed by atoms with E-state index in [1.54, 1.807) is 24.3 Å². The topological polar surface area (TPSA) is 147 Å². The lowest BCUT2D eigenvalue weighted by Crippen LogP contribution is -2.33. The van der Waals surface area contributed by atoms with Crippen molar-refractivity contribution in [3.8, 4) is 0 Å². The highest BCUT2D eigenvalue weighted by Crippen LogP contribution is 2.22. The van der Waals surface area contributed by atoms with Gasteiger partial charge in [-0.25, -0.2) is 0 Å². The van der Waals surface area contributed by atoms with Gasteiger partial charge < -0.3 is 47.4 Å². The molecule has 0 bridgehead atoms. The summed E-state index contributed by atoms with van der Waals surface area (Å²) in [5.41, 5.74) is 0.882. The number of carbonyl (C=O) groups is 3. The van der Waals surface area contributed by atoms with Crippen molar-refractivity contribution in [1.29, 1.82) is 0 Å². The highest BCUT2D eigenvalue weighted by atomic mass is 16.6. The number of ether oxygens (including phenoxy) is 10. The van der Waals surface area contributed by atoms with Gasteiger partial charge in [0.15, 0.2) is 0 Å². The van der Waals surface area contributed by atoms with E-state index in [0.29, 0.717) is 130 Å². The summed E-state index contributed by atoms with van der Waals surface area (Å²) in [6.07, 6.45) is 20.1. The Hall–Kier alpha value is -2.53. The van der Waals surface area contributed by atoms with Crippen LogP contribution in [0, 0.1) is 0 Å². The number of esters is 1. The molecule has 0 aromatic heterocycles. The van der Waals surface area contributed by atoms with Crippen LogP contribution in [-0.2, 0) is 52.2 Å². The maximum Gasteiger partial charge on any atom is 0.305 e. The summed E-state index contributed by atoms with van der Waals surface area (Å²) >= 11 is 0. The second kappa shape index (κ2) is 40.5. The molecule has 1 aromatic carbocycles. The van der Waals surface area contributed by atoms with Crippen LogP contribution in [0.2, 0.25) is 0 Å². The molecule has 1 aliphatic rings. The number of benzene rings is 1. The molecule has 0 saturated heterocycles. The number of rotatable bonds is 46. The lowest BCUT2D eigenvalue weighted by Gasteiger charge is -2.13. The zero-order valence-electron chi connectivity index (χ0n) is 37.0. The maximum atomic E-state index is 12.3. The van der Waals surface area contributed by atoms with Crippen LogP contribution < -0.4 is 0 Å². The lowest BCUT2D eigenvalue weighted by atomic mass is 10.0. The van der Waals surface area contributed by atoms with E-state index in [1.807, 2.05) is 0 Å². The molecule has 0 unspecified atom stereocenters. The lowest BCUT2D eigenvalue weighted by molar-refractivity contribution is -0.145. The molecule has 0 fully saturated rings. The Kier molecular flexibility index (Phi) is 36.2. The first-order chi connectivity index (χ1) is 29.6. The molecule has 2 rings (SSSR count). The molecule has 1 heterocycles. The number of carbonyl (C=O) groups excluding carboxylic acids is 3. The molecule has 0 radical (unpaired) electrons. The smallest absolute Gasteiger partial charge is 0.305 e. The molecule has 60 heavy (non-hydrogen) atoms. The van der Waals surface area contributed by atoms with E-state index in [-0.39, 0.29) is 37.5 Å². The minimum absolute atomic E-state index is 0.137. The number of nitrogens with zero attached hydrogens (tertiary/aromatic N) is 1. The fourth-order valence-corrected chi connectivity index (χ4v) is 6.39. The molecule has 0 spiro atoms. The standard InChI is InChI=1S/C46H79NO13/c1-2-3-4-5-6-7-8-9-10-11-12-13-14-15-16-21-44(48)60-41-40-59-39-38-58-37-36-57-35-34-56-33-32-55-31-30-54-29-28-53-27-26-52-25-24-51-23-22-47-45(49)42-19-17-18-20-43(42)46(47)50/h17-20H,2-16,21-41H2,1H3. The molecular weight excluding hydrogens is 774 g/mol. The summed E-state index contributed by atoms with van der Waals surface area (Å²) in [5.74, 6) is -0.695. The van der Waals surface area contributed by atoms with Gasteiger partial charge in [0.2, 0.25) is 0 Å². The molecule has 2 amide bonds.